The number of halogens is 4. The average Bonchev–Trinajstić information content (AvgIpc) is 3.46. The van der Waals surface area contributed by atoms with E-state index in [0.29, 0.717) is 21.6 Å². The van der Waals surface area contributed by atoms with E-state index in [9.17, 15) is 18.0 Å². The summed E-state index contributed by atoms with van der Waals surface area (Å²) in [5, 5.41) is 9.67. The molecule has 31 heavy (non-hydrogen) atoms. The fourth-order valence-electron chi connectivity index (χ4n) is 3.04. The highest BCUT2D eigenvalue weighted by Crippen LogP contribution is 2.35. The number of carbonyl (C=O) groups is 1. The van der Waals surface area contributed by atoms with Crippen molar-refractivity contribution >= 4 is 34.5 Å². The Hall–Kier alpha value is -2.92. The third-order valence-corrected chi connectivity index (χ3v) is 5.81. The van der Waals surface area contributed by atoms with Gasteiger partial charge in [-0.2, -0.15) is 23.4 Å². The lowest BCUT2D eigenvalue weighted by atomic mass is 10.2. The maximum atomic E-state index is 13.7. The summed E-state index contributed by atoms with van der Waals surface area (Å²) in [5.41, 5.74) is -0.862. The van der Waals surface area contributed by atoms with Gasteiger partial charge in [0, 0.05) is 19.8 Å². The van der Waals surface area contributed by atoms with Gasteiger partial charge in [-0.15, -0.1) is 11.3 Å². The second kappa shape index (κ2) is 7.97. The smallest absolute Gasteiger partial charge is 0.334 e. The zero-order chi connectivity index (χ0) is 22.3. The van der Waals surface area contributed by atoms with Crippen LogP contribution in [0.15, 0.2) is 35.8 Å². The number of thiophene rings is 1. The van der Waals surface area contributed by atoms with Gasteiger partial charge in [-0.1, -0.05) is 17.7 Å². The molecule has 0 unspecified atom stereocenters. The van der Waals surface area contributed by atoms with Gasteiger partial charge >= 0.3 is 6.18 Å². The number of fused-ring (bicyclic) bond motifs is 1. The third kappa shape index (κ3) is 4.02. The molecule has 162 valence electrons. The summed E-state index contributed by atoms with van der Waals surface area (Å²) in [6.07, 6.45) is -2.95. The van der Waals surface area contributed by atoms with E-state index in [0.717, 1.165) is 6.07 Å². The Labute approximate surface area is 183 Å². The minimum absolute atomic E-state index is 0.106. The van der Waals surface area contributed by atoms with E-state index >= 15 is 0 Å². The maximum absolute atomic E-state index is 13.7. The fourth-order valence-corrected chi connectivity index (χ4v) is 3.97. The van der Waals surface area contributed by atoms with Crippen molar-refractivity contribution in [3.05, 3.63) is 57.9 Å². The molecule has 0 aliphatic rings. The molecule has 0 saturated carbocycles. The molecule has 4 aromatic rings. The van der Waals surface area contributed by atoms with Crippen LogP contribution in [0, 0.1) is 0 Å². The van der Waals surface area contributed by atoms with Gasteiger partial charge in [0.1, 0.15) is 5.02 Å². The molecular weight excluding hydrogens is 453 g/mol. The lowest BCUT2D eigenvalue weighted by Crippen LogP contribution is -2.27. The second-order valence-corrected chi connectivity index (χ2v) is 8.05. The molecule has 0 aliphatic heterocycles. The van der Waals surface area contributed by atoms with Gasteiger partial charge in [-0.05, 0) is 30.5 Å². The highest BCUT2D eigenvalue weighted by atomic mass is 35.5. The van der Waals surface area contributed by atoms with Crippen LogP contribution in [-0.2, 0) is 19.3 Å². The van der Waals surface area contributed by atoms with Crippen molar-refractivity contribution in [2.45, 2.75) is 26.2 Å². The molecule has 1 amide bonds. The number of rotatable bonds is 5. The first-order valence-electron chi connectivity index (χ1n) is 9.17. The first-order valence-corrected chi connectivity index (χ1v) is 10.4. The van der Waals surface area contributed by atoms with Crippen LogP contribution in [-0.4, -0.2) is 42.2 Å². The molecule has 0 spiro atoms. The molecule has 0 aliphatic carbocycles. The van der Waals surface area contributed by atoms with Crippen LogP contribution in [0.4, 0.5) is 13.2 Å². The van der Waals surface area contributed by atoms with E-state index in [2.05, 4.69) is 15.2 Å². The average molecular weight is 469 g/mol. The highest BCUT2D eigenvalue weighted by molar-refractivity contribution is 7.13. The summed E-state index contributed by atoms with van der Waals surface area (Å²) < 4.78 is 43.5. The lowest BCUT2D eigenvalue weighted by molar-refractivity contribution is -0.142. The number of hydrogen-bond acceptors (Lipinski definition) is 5. The predicted molar refractivity (Wildman–Crippen MR) is 110 cm³/mol. The van der Waals surface area contributed by atoms with Gasteiger partial charge in [-0.25, -0.2) is 9.50 Å². The molecule has 4 aromatic heterocycles. The fraction of sp³-hybridized carbons (Fsp3) is 0.263. The van der Waals surface area contributed by atoms with Crippen LogP contribution >= 0.6 is 22.9 Å². The second-order valence-electron chi connectivity index (χ2n) is 6.72. The molecule has 0 fully saturated rings. The molecule has 7 nitrogen and oxygen atoms in total. The Morgan fingerprint density at radius 3 is 2.68 bits per heavy atom. The normalized spacial score (nSPS) is 11.9. The van der Waals surface area contributed by atoms with Crippen molar-refractivity contribution in [1.29, 1.82) is 0 Å². The molecule has 0 radical (unpaired) electrons. The van der Waals surface area contributed by atoms with Crippen LogP contribution in [0.25, 0.3) is 16.2 Å². The van der Waals surface area contributed by atoms with E-state index in [-0.39, 0.29) is 28.6 Å². The summed E-state index contributed by atoms with van der Waals surface area (Å²) in [6.45, 7) is 2.75. The predicted octanol–water partition coefficient (Wildman–Crippen LogP) is 4.62. The zero-order valence-corrected chi connectivity index (χ0v) is 18.0. The number of hydrogen-bond donors (Lipinski definition) is 0. The van der Waals surface area contributed by atoms with Gasteiger partial charge in [0.25, 0.3) is 5.91 Å². The lowest BCUT2D eigenvalue weighted by Gasteiger charge is -2.14. The highest BCUT2D eigenvalue weighted by Gasteiger charge is 2.37. The molecule has 0 saturated heterocycles. The Balaban J connectivity index is 1.76. The summed E-state index contributed by atoms with van der Waals surface area (Å²) in [4.78, 5) is 19.0. The summed E-state index contributed by atoms with van der Waals surface area (Å²) in [7, 11) is 1.50. The number of amides is 1. The maximum Gasteiger partial charge on any atom is 0.433 e. The first kappa shape index (κ1) is 21.3. The summed E-state index contributed by atoms with van der Waals surface area (Å²) in [6, 6.07) is 6.02. The SMILES string of the molecule is CCn1ccc(CN(C)C(=O)c2nn3c(C(F)(F)F)cc(-c4cccs4)nc3c2Cl)n1. The molecule has 0 N–H and O–H groups in total. The van der Waals surface area contributed by atoms with E-state index in [1.54, 1.807) is 34.5 Å². The van der Waals surface area contributed by atoms with Crippen LogP contribution < -0.4 is 0 Å². The monoisotopic (exact) mass is 468 g/mol. The minimum atomic E-state index is -4.72. The van der Waals surface area contributed by atoms with Crippen LogP contribution in [0.5, 0.6) is 0 Å². The molecule has 4 heterocycles. The topological polar surface area (TPSA) is 68.3 Å². The number of alkyl halides is 3. The van der Waals surface area contributed by atoms with Gasteiger partial charge in [-0.3, -0.25) is 9.48 Å². The van der Waals surface area contributed by atoms with Crippen molar-refractivity contribution < 1.29 is 18.0 Å². The first-order chi connectivity index (χ1) is 14.7. The van der Waals surface area contributed by atoms with Crippen molar-refractivity contribution in [3.63, 3.8) is 0 Å². The summed E-state index contributed by atoms with van der Waals surface area (Å²) >= 11 is 7.55. The van der Waals surface area contributed by atoms with Crippen LogP contribution in [0.1, 0.15) is 28.8 Å². The molecule has 12 heteroatoms. The Morgan fingerprint density at radius 2 is 2.06 bits per heavy atom. The molecule has 0 atom stereocenters. The Kier molecular flexibility index (Phi) is 5.48. The van der Waals surface area contributed by atoms with Gasteiger partial charge in [0.15, 0.2) is 17.0 Å². The Bertz CT molecular complexity index is 1250. The number of carbonyl (C=O) groups excluding carboxylic acids is 1. The Morgan fingerprint density at radius 1 is 1.29 bits per heavy atom. The van der Waals surface area contributed by atoms with Crippen molar-refractivity contribution in [2.75, 3.05) is 7.05 Å². The van der Waals surface area contributed by atoms with Gasteiger partial charge in [0.05, 0.1) is 22.8 Å². The minimum Gasteiger partial charge on any atom is -0.334 e. The molecule has 0 aromatic carbocycles. The van der Waals surface area contributed by atoms with Crippen molar-refractivity contribution in [2.24, 2.45) is 0 Å². The van der Waals surface area contributed by atoms with Crippen molar-refractivity contribution in [3.8, 4) is 10.6 Å². The molecule has 4 rings (SSSR count). The number of aromatic nitrogens is 5. The summed E-state index contributed by atoms with van der Waals surface area (Å²) in [5.74, 6) is -0.632. The largest absolute Gasteiger partial charge is 0.433 e. The quantitative estimate of drug-likeness (QED) is 0.428. The zero-order valence-electron chi connectivity index (χ0n) is 16.4. The van der Waals surface area contributed by atoms with E-state index < -0.39 is 17.8 Å². The van der Waals surface area contributed by atoms with Crippen LogP contribution in [0.2, 0.25) is 5.02 Å². The molecular formula is C19H16ClF3N6OS. The molecule has 0 bridgehead atoms. The number of nitrogens with zero attached hydrogens (tertiary/aromatic N) is 6. The van der Waals surface area contributed by atoms with E-state index in [1.807, 2.05) is 6.92 Å². The van der Waals surface area contributed by atoms with Crippen molar-refractivity contribution in [1.82, 2.24) is 29.3 Å². The van der Waals surface area contributed by atoms with Gasteiger partial charge < -0.3 is 4.90 Å². The van der Waals surface area contributed by atoms with E-state index in [4.69, 9.17) is 11.6 Å². The number of aryl methyl sites for hydroxylation is 1. The van der Waals surface area contributed by atoms with Gasteiger partial charge in [0.2, 0.25) is 0 Å². The third-order valence-electron chi connectivity index (χ3n) is 4.57. The standard InChI is InChI=1S/C19H16ClF3N6OS/c1-3-28-7-6-11(25-28)10-27(2)18(30)16-15(20)17-24-12(13-5-4-8-31-13)9-14(19(21,22)23)29(17)26-16/h4-9H,3,10H2,1-2H3. The van der Waals surface area contributed by atoms with Crippen LogP contribution in [0.3, 0.4) is 0 Å². The van der Waals surface area contributed by atoms with E-state index in [1.165, 1.54) is 23.3 Å².